The van der Waals surface area contributed by atoms with Crippen LogP contribution in [0.25, 0.3) is 10.8 Å². The third-order valence-electron chi connectivity index (χ3n) is 6.12. The van der Waals surface area contributed by atoms with E-state index < -0.39 is 22.0 Å². The van der Waals surface area contributed by atoms with Crippen molar-refractivity contribution in [3.05, 3.63) is 102 Å². The van der Waals surface area contributed by atoms with Crippen molar-refractivity contribution in [2.75, 3.05) is 18.5 Å². The Bertz CT molecular complexity index is 1530. The van der Waals surface area contributed by atoms with Crippen LogP contribution in [0, 0.1) is 5.21 Å². The number of sulfonamides is 1. The van der Waals surface area contributed by atoms with Gasteiger partial charge in [0.05, 0.1) is 30.7 Å². The topological polar surface area (TPSA) is 132 Å². The van der Waals surface area contributed by atoms with Crippen molar-refractivity contribution in [3.8, 4) is 5.75 Å². The average Bonchev–Trinajstić information content (AvgIpc) is 2.91. The second kappa shape index (κ2) is 13.1. The molecular formula is C29H31N3O6S. The lowest BCUT2D eigenvalue weighted by Gasteiger charge is -2.18. The number of fused-ring (bicyclic) bond motifs is 1. The number of aliphatic carboxylic acids is 1. The summed E-state index contributed by atoms with van der Waals surface area (Å²) < 4.78 is 35.4. The van der Waals surface area contributed by atoms with E-state index in [-0.39, 0.29) is 17.7 Å². The lowest BCUT2D eigenvalue weighted by molar-refractivity contribution is -0.590. The van der Waals surface area contributed by atoms with Crippen LogP contribution in [0.5, 0.6) is 5.75 Å². The average molecular weight is 550 g/mol. The van der Waals surface area contributed by atoms with E-state index in [9.17, 15) is 23.5 Å². The first-order valence-electron chi connectivity index (χ1n) is 12.7. The van der Waals surface area contributed by atoms with Gasteiger partial charge < -0.3 is 15.1 Å². The fraction of sp³-hybridized carbons (Fsp3) is 0.241. The number of rotatable bonds is 14. The number of anilines is 1. The quantitative estimate of drug-likeness (QED) is 0.123. The maximum Gasteiger partial charge on any atom is 0.304 e. The molecule has 1 heterocycles. The number of carboxylic acid groups (broad SMARTS) is 1. The summed E-state index contributed by atoms with van der Waals surface area (Å²) in [6.45, 7) is 0.963. The van der Waals surface area contributed by atoms with Gasteiger partial charge in [-0.15, -0.1) is 0 Å². The summed E-state index contributed by atoms with van der Waals surface area (Å²) in [6, 6.07) is 24.0. The van der Waals surface area contributed by atoms with Gasteiger partial charge in [0.25, 0.3) is 5.82 Å². The summed E-state index contributed by atoms with van der Waals surface area (Å²) >= 11 is 0. The molecule has 1 aromatic heterocycles. The monoisotopic (exact) mass is 549 g/mol. The number of nitrogens with zero attached hydrogens (tertiary/aromatic N) is 1. The predicted octanol–water partition coefficient (Wildman–Crippen LogP) is 4.11. The molecule has 0 unspecified atom stereocenters. The summed E-state index contributed by atoms with van der Waals surface area (Å²) in [7, 11) is -4.00. The molecule has 10 heteroatoms. The molecule has 0 aliphatic heterocycles. The highest BCUT2D eigenvalue weighted by molar-refractivity contribution is 7.89. The zero-order valence-corrected chi connectivity index (χ0v) is 22.1. The number of pyridine rings is 1. The third-order valence-corrected chi connectivity index (χ3v) is 7.64. The van der Waals surface area contributed by atoms with Gasteiger partial charge in [-0.25, -0.2) is 17.9 Å². The van der Waals surface area contributed by atoms with Gasteiger partial charge in [0, 0.05) is 18.2 Å². The summed E-state index contributed by atoms with van der Waals surface area (Å²) in [5, 5.41) is 26.2. The fourth-order valence-electron chi connectivity index (χ4n) is 4.23. The molecule has 0 fully saturated rings. The molecule has 0 amide bonds. The van der Waals surface area contributed by atoms with Crippen molar-refractivity contribution >= 4 is 32.6 Å². The lowest BCUT2D eigenvalue weighted by Crippen LogP contribution is -2.38. The molecule has 0 aliphatic carbocycles. The van der Waals surface area contributed by atoms with Gasteiger partial charge in [-0.1, -0.05) is 54.6 Å². The lowest BCUT2D eigenvalue weighted by atomic mass is 10.0. The van der Waals surface area contributed by atoms with E-state index in [1.807, 2.05) is 42.5 Å². The van der Waals surface area contributed by atoms with Gasteiger partial charge in [0.15, 0.2) is 0 Å². The van der Waals surface area contributed by atoms with Crippen molar-refractivity contribution in [1.82, 2.24) is 4.72 Å². The molecule has 0 aliphatic rings. The zero-order chi connectivity index (χ0) is 27.7. The van der Waals surface area contributed by atoms with Gasteiger partial charge >= 0.3 is 5.97 Å². The van der Waals surface area contributed by atoms with Crippen molar-refractivity contribution in [2.24, 2.45) is 0 Å². The Hall–Kier alpha value is -4.15. The van der Waals surface area contributed by atoms with Gasteiger partial charge in [0.1, 0.15) is 5.75 Å². The number of hydrogen-bond acceptors (Lipinski definition) is 6. The Morgan fingerprint density at radius 2 is 1.74 bits per heavy atom. The van der Waals surface area contributed by atoms with Crippen molar-refractivity contribution in [1.29, 1.82) is 0 Å². The molecule has 4 rings (SSSR count). The van der Waals surface area contributed by atoms with E-state index in [4.69, 9.17) is 4.74 Å². The van der Waals surface area contributed by atoms with E-state index >= 15 is 0 Å². The molecule has 0 spiro atoms. The smallest absolute Gasteiger partial charge is 0.304 e. The third kappa shape index (κ3) is 8.17. The van der Waals surface area contributed by atoms with Gasteiger partial charge in [-0.05, 0) is 53.8 Å². The number of unbranched alkanes of at least 4 members (excludes halogenated alkanes) is 1. The van der Waals surface area contributed by atoms with Gasteiger partial charge in [-0.3, -0.25) is 10.1 Å². The molecule has 0 saturated carbocycles. The first-order valence-corrected chi connectivity index (χ1v) is 14.2. The van der Waals surface area contributed by atoms with Crippen LogP contribution in [-0.2, 0) is 21.2 Å². The van der Waals surface area contributed by atoms with Crippen LogP contribution in [-0.4, -0.2) is 38.7 Å². The molecule has 9 nitrogen and oxygen atoms in total. The molecule has 4 aromatic rings. The molecule has 3 aromatic carbocycles. The second-order valence-electron chi connectivity index (χ2n) is 9.17. The van der Waals surface area contributed by atoms with Crippen molar-refractivity contribution in [2.45, 2.75) is 36.6 Å². The summed E-state index contributed by atoms with van der Waals surface area (Å²) in [5.41, 5.74) is 0.839. The Morgan fingerprint density at radius 1 is 0.949 bits per heavy atom. The van der Waals surface area contributed by atoms with E-state index in [0.717, 1.165) is 27.5 Å². The second-order valence-corrected chi connectivity index (χ2v) is 10.9. The number of carbonyl (C=O) groups is 1. The number of aromatic nitrogens is 1. The van der Waals surface area contributed by atoms with E-state index in [2.05, 4.69) is 10.0 Å². The highest BCUT2D eigenvalue weighted by Crippen LogP contribution is 2.21. The standard InChI is InChI=1S/C29H31N3O6S/c33-29(34)20-25(19-22-13-14-23-8-1-2-9-24(23)18-22)31-39(36,37)27-11-7-10-26(21-27)38-17-6-4-15-30-28-12-3-5-16-32(28)35/h1-3,5,7-14,16,18,21,25,30-31H,4,6,15,17,19-20H2,(H,33,34)/t25-/m0/s1. The molecule has 3 N–H and O–H groups in total. The van der Waals surface area contributed by atoms with Crippen molar-refractivity contribution in [3.63, 3.8) is 0 Å². The number of ether oxygens (including phenoxy) is 1. The predicted molar refractivity (Wildman–Crippen MR) is 149 cm³/mol. The number of hydrogen-bond donors (Lipinski definition) is 3. The number of carboxylic acids is 1. The van der Waals surface area contributed by atoms with Gasteiger partial charge in [0.2, 0.25) is 10.0 Å². The molecular weight excluding hydrogens is 518 g/mol. The fourth-order valence-corrected chi connectivity index (χ4v) is 5.50. The summed E-state index contributed by atoms with van der Waals surface area (Å²) in [6.07, 6.45) is 2.75. The Labute approximate surface area is 227 Å². The van der Waals surface area contributed by atoms with E-state index in [1.165, 1.54) is 18.3 Å². The summed E-state index contributed by atoms with van der Waals surface area (Å²) in [4.78, 5) is 11.5. The minimum atomic E-state index is -4.00. The van der Waals surface area contributed by atoms with Crippen LogP contribution >= 0.6 is 0 Å². The first-order chi connectivity index (χ1) is 18.8. The number of nitrogens with one attached hydrogen (secondary N) is 2. The van der Waals surface area contributed by atoms with Crippen LogP contribution in [0.1, 0.15) is 24.8 Å². The normalized spacial score (nSPS) is 12.2. The maximum absolute atomic E-state index is 13.2. The largest absolute Gasteiger partial charge is 0.711 e. The molecule has 0 bridgehead atoms. The van der Waals surface area contributed by atoms with Crippen LogP contribution in [0.15, 0.2) is 96.0 Å². The van der Waals surface area contributed by atoms with E-state index in [1.54, 1.807) is 30.3 Å². The highest BCUT2D eigenvalue weighted by Gasteiger charge is 2.23. The Kier molecular flexibility index (Phi) is 9.35. The molecule has 39 heavy (non-hydrogen) atoms. The summed E-state index contributed by atoms with van der Waals surface area (Å²) in [5.74, 6) is -0.214. The van der Waals surface area contributed by atoms with E-state index in [0.29, 0.717) is 31.1 Å². The Balaban J connectivity index is 1.33. The van der Waals surface area contributed by atoms with Crippen molar-refractivity contribution < 1.29 is 27.8 Å². The zero-order valence-electron chi connectivity index (χ0n) is 21.3. The molecule has 1 atom stereocenters. The highest BCUT2D eigenvalue weighted by atomic mass is 32.2. The van der Waals surface area contributed by atoms with Gasteiger partial charge in [-0.2, -0.15) is 0 Å². The SMILES string of the molecule is O=C(O)C[C@H](Cc1ccc2ccccc2c1)NS(=O)(=O)c1cccc(OCCCCNc2cccc[n+]2[O-])c1. The minimum absolute atomic E-state index is 0.000329. The molecule has 204 valence electrons. The maximum atomic E-state index is 13.2. The van der Waals surface area contributed by atoms with Crippen LogP contribution < -0.4 is 19.5 Å². The van der Waals surface area contributed by atoms with Crippen LogP contribution in [0.2, 0.25) is 0 Å². The number of benzene rings is 3. The minimum Gasteiger partial charge on any atom is -0.711 e. The Morgan fingerprint density at radius 3 is 2.54 bits per heavy atom. The molecule has 0 radical (unpaired) electrons. The first kappa shape index (κ1) is 27.9. The van der Waals surface area contributed by atoms with Crippen LogP contribution in [0.3, 0.4) is 0 Å². The van der Waals surface area contributed by atoms with Crippen LogP contribution in [0.4, 0.5) is 5.82 Å². The molecule has 0 saturated heterocycles.